The predicted octanol–water partition coefficient (Wildman–Crippen LogP) is 5.01. The number of nitrogens with one attached hydrogen (secondary N) is 1. The van der Waals surface area contributed by atoms with Gasteiger partial charge in [0.15, 0.2) is 17.8 Å². The molecule has 7 heteroatoms. The molecule has 0 fully saturated rings. The Morgan fingerprint density at radius 3 is 2.75 bits per heavy atom. The Hall–Kier alpha value is -2.44. The summed E-state index contributed by atoms with van der Waals surface area (Å²) in [5.41, 5.74) is 2.03. The number of hydrogen-bond acceptors (Lipinski definition) is 3. The van der Waals surface area contributed by atoms with Crippen LogP contribution in [0, 0.1) is 11.7 Å². The summed E-state index contributed by atoms with van der Waals surface area (Å²) in [6.07, 6.45) is 0.0806. The van der Waals surface area contributed by atoms with Crippen LogP contribution in [0.1, 0.15) is 44.7 Å². The molecule has 1 aromatic carbocycles. The highest BCUT2D eigenvalue weighted by molar-refractivity contribution is 5.83. The molecule has 0 amide bonds. The largest absolute Gasteiger partial charge is 0.492 e. The van der Waals surface area contributed by atoms with Gasteiger partial charge in [-0.3, -0.25) is 4.79 Å². The standard InChI is InChI=1S/C21H24F3NO3/c1-11-14(9-16(23)20(18(11)24)28-6-4-5-17(26)27)15-8-13(22)7-12-10-21(2,3)25-19(12)15/h7-9,11,18,25H,4-6,10H2,1-3H3,(H,26,27). The van der Waals surface area contributed by atoms with Crippen molar-refractivity contribution in [2.24, 2.45) is 5.92 Å². The minimum absolute atomic E-state index is 0.0868. The number of carbonyl (C=O) groups is 1. The number of rotatable bonds is 6. The van der Waals surface area contributed by atoms with E-state index in [-0.39, 0.29) is 25.0 Å². The molecule has 152 valence electrons. The lowest BCUT2D eigenvalue weighted by Crippen LogP contribution is -2.28. The second kappa shape index (κ2) is 7.53. The van der Waals surface area contributed by atoms with Gasteiger partial charge >= 0.3 is 5.97 Å². The summed E-state index contributed by atoms with van der Waals surface area (Å²) in [5, 5.41) is 12.0. The van der Waals surface area contributed by atoms with Crippen molar-refractivity contribution in [1.82, 2.24) is 0 Å². The lowest BCUT2D eigenvalue weighted by Gasteiger charge is -2.28. The molecule has 0 radical (unpaired) electrons. The quantitative estimate of drug-likeness (QED) is 0.665. The molecule has 1 aliphatic heterocycles. The van der Waals surface area contributed by atoms with E-state index in [1.54, 1.807) is 6.92 Å². The third-order valence-electron chi connectivity index (χ3n) is 5.08. The first-order valence-electron chi connectivity index (χ1n) is 9.30. The van der Waals surface area contributed by atoms with Crippen LogP contribution >= 0.6 is 0 Å². The number of hydrogen-bond donors (Lipinski definition) is 2. The molecule has 0 saturated carbocycles. The zero-order valence-electron chi connectivity index (χ0n) is 16.1. The van der Waals surface area contributed by atoms with Crippen LogP contribution in [0.25, 0.3) is 5.57 Å². The summed E-state index contributed by atoms with van der Waals surface area (Å²) >= 11 is 0. The van der Waals surface area contributed by atoms with Crippen LogP contribution in [0.15, 0.2) is 29.8 Å². The van der Waals surface area contributed by atoms with E-state index in [9.17, 15) is 18.0 Å². The second-order valence-electron chi connectivity index (χ2n) is 8.02. The van der Waals surface area contributed by atoms with Crippen molar-refractivity contribution >= 4 is 17.2 Å². The monoisotopic (exact) mass is 395 g/mol. The number of benzene rings is 1. The minimum Gasteiger partial charge on any atom is -0.492 e. The summed E-state index contributed by atoms with van der Waals surface area (Å²) < 4.78 is 48.9. The number of fused-ring (bicyclic) bond motifs is 1. The molecular formula is C21H24F3NO3. The molecule has 1 aliphatic carbocycles. The number of carboxylic acid groups (broad SMARTS) is 1. The van der Waals surface area contributed by atoms with Gasteiger partial charge in [0.2, 0.25) is 0 Å². The van der Waals surface area contributed by atoms with E-state index in [1.807, 2.05) is 13.8 Å². The van der Waals surface area contributed by atoms with Gasteiger partial charge in [-0.15, -0.1) is 0 Å². The van der Waals surface area contributed by atoms with Crippen molar-refractivity contribution in [3.63, 3.8) is 0 Å². The van der Waals surface area contributed by atoms with Crippen LogP contribution in [0.3, 0.4) is 0 Å². The summed E-state index contributed by atoms with van der Waals surface area (Å²) in [4.78, 5) is 10.5. The lowest BCUT2D eigenvalue weighted by atomic mass is 9.84. The number of anilines is 1. The molecule has 1 aromatic rings. The number of carboxylic acids is 1. The zero-order chi connectivity index (χ0) is 20.6. The van der Waals surface area contributed by atoms with Gasteiger partial charge in [0.25, 0.3) is 0 Å². The van der Waals surface area contributed by atoms with Crippen LogP contribution in [0.2, 0.25) is 0 Å². The van der Waals surface area contributed by atoms with Gasteiger partial charge in [0.1, 0.15) is 5.82 Å². The molecule has 0 aromatic heterocycles. The van der Waals surface area contributed by atoms with E-state index < -0.39 is 35.5 Å². The Morgan fingerprint density at radius 1 is 1.36 bits per heavy atom. The van der Waals surface area contributed by atoms with Gasteiger partial charge in [-0.05, 0) is 56.0 Å². The van der Waals surface area contributed by atoms with Crippen molar-refractivity contribution < 1.29 is 27.8 Å². The fourth-order valence-corrected chi connectivity index (χ4v) is 3.77. The van der Waals surface area contributed by atoms with Gasteiger partial charge in [0, 0.05) is 29.1 Å². The van der Waals surface area contributed by atoms with E-state index >= 15 is 0 Å². The maximum absolute atomic E-state index is 14.9. The Kier molecular flexibility index (Phi) is 5.46. The van der Waals surface area contributed by atoms with Crippen LogP contribution < -0.4 is 5.32 Å². The molecule has 2 atom stereocenters. The molecule has 2 unspecified atom stereocenters. The number of aliphatic carboxylic acids is 1. The highest BCUT2D eigenvalue weighted by Crippen LogP contribution is 2.45. The average Bonchev–Trinajstić information content (AvgIpc) is 2.90. The number of alkyl halides is 1. The van der Waals surface area contributed by atoms with E-state index in [0.29, 0.717) is 23.2 Å². The van der Waals surface area contributed by atoms with E-state index in [1.165, 1.54) is 18.2 Å². The second-order valence-corrected chi connectivity index (χ2v) is 8.02. The molecular weight excluding hydrogens is 371 g/mol. The van der Waals surface area contributed by atoms with Gasteiger partial charge in [-0.1, -0.05) is 6.92 Å². The van der Waals surface area contributed by atoms with E-state index in [4.69, 9.17) is 9.84 Å². The first kappa shape index (κ1) is 20.3. The van der Waals surface area contributed by atoms with Crippen molar-refractivity contribution in [2.45, 2.75) is 51.7 Å². The Balaban J connectivity index is 1.92. The van der Waals surface area contributed by atoms with E-state index in [2.05, 4.69) is 5.32 Å². The summed E-state index contributed by atoms with van der Waals surface area (Å²) in [5.74, 6) is -3.47. The van der Waals surface area contributed by atoms with Crippen LogP contribution in [0.4, 0.5) is 18.9 Å². The molecule has 0 saturated heterocycles. The summed E-state index contributed by atoms with van der Waals surface area (Å²) in [7, 11) is 0. The normalized spacial score (nSPS) is 23.1. The number of ether oxygens (including phenoxy) is 1. The highest BCUT2D eigenvalue weighted by atomic mass is 19.1. The third-order valence-corrected chi connectivity index (χ3v) is 5.08. The van der Waals surface area contributed by atoms with Crippen LogP contribution in [-0.2, 0) is 16.0 Å². The summed E-state index contributed by atoms with van der Waals surface area (Å²) in [6, 6.07) is 2.75. The molecule has 1 heterocycles. The van der Waals surface area contributed by atoms with Crippen LogP contribution in [0.5, 0.6) is 0 Å². The molecule has 0 bridgehead atoms. The third kappa shape index (κ3) is 4.03. The SMILES string of the molecule is CC1C(c2cc(F)cc3c2NC(C)(C)C3)=CC(F)=C(OCCCC(=O)O)C1F. The fraction of sp³-hybridized carbons (Fsp3) is 0.476. The smallest absolute Gasteiger partial charge is 0.303 e. The minimum atomic E-state index is -1.74. The van der Waals surface area contributed by atoms with Crippen LogP contribution in [-0.4, -0.2) is 29.4 Å². The van der Waals surface area contributed by atoms with Gasteiger partial charge < -0.3 is 15.2 Å². The highest BCUT2D eigenvalue weighted by Gasteiger charge is 2.37. The molecule has 2 aliphatic rings. The first-order chi connectivity index (χ1) is 13.1. The molecule has 3 rings (SSSR count). The zero-order valence-corrected chi connectivity index (χ0v) is 16.1. The van der Waals surface area contributed by atoms with Crippen molar-refractivity contribution in [3.8, 4) is 0 Å². The topological polar surface area (TPSA) is 58.6 Å². The molecule has 0 spiro atoms. The molecule has 2 N–H and O–H groups in total. The van der Waals surface area contributed by atoms with Gasteiger partial charge in [0.05, 0.1) is 6.61 Å². The lowest BCUT2D eigenvalue weighted by molar-refractivity contribution is -0.137. The van der Waals surface area contributed by atoms with E-state index in [0.717, 1.165) is 5.56 Å². The molecule has 4 nitrogen and oxygen atoms in total. The van der Waals surface area contributed by atoms with Crippen molar-refractivity contribution in [2.75, 3.05) is 11.9 Å². The number of allylic oxidation sites excluding steroid dienone is 4. The first-order valence-corrected chi connectivity index (χ1v) is 9.30. The van der Waals surface area contributed by atoms with Crippen molar-refractivity contribution in [3.05, 3.63) is 46.7 Å². The van der Waals surface area contributed by atoms with Crippen molar-refractivity contribution in [1.29, 1.82) is 0 Å². The number of halogens is 3. The summed E-state index contributed by atoms with van der Waals surface area (Å²) in [6.45, 7) is 5.47. The Bertz CT molecular complexity index is 861. The predicted molar refractivity (Wildman–Crippen MR) is 101 cm³/mol. The fourth-order valence-electron chi connectivity index (χ4n) is 3.77. The maximum Gasteiger partial charge on any atom is 0.303 e. The van der Waals surface area contributed by atoms with Gasteiger partial charge in [-0.25, -0.2) is 13.2 Å². The van der Waals surface area contributed by atoms with Gasteiger partial charge in [-0.2, -0.15) is 0 Å². The molecule has 28 heavy (non-hydrogen) atoms. The average molecular weight is 395 g/mol. The Morgan fingerprint density at radius 2 is 2.07 bits per heavy atom. The Labute approximate surface area is 162 Å². The maximum atomic E-state index is 14.9.